The van der Waals surface area contributed by atoms with E-state index in [2.05, 4.69) is 12.2 Å². The van der Waals surface area contributed by atoms with Crippen LogP contribution in [0.2, 0.25) is 0 Å². The fraction of sp³-hybridized carbons (Fsp3) is 0.750. The highest BCUT2D eigenvalue weighted by Crippen LogP contribution is 2.05. The van der Waals surface area contributed by atoms with Gasteiger partial charge in [-0.25, -0.2) is 0 Å². The van der Waals surface area contributed by atoms with Crippen molar-refractivity contribution in [3.63, 3.8) is 0 Å². The van der Waals surface area contributed by atoms with Crippen molar-refractivity contribution >= 4 is 5.91 Å². The maximum absolute atomic E-state index is 10.6. The van der Waals surface area contributed by atoms with Gasteiger partial charge in [-0.15, -0.1) is 6.42 Å². The van der Waals surface area contributed by atoms with Gasteiger partial charge in [-0.1, -0.05) is 45.4 Å². The third-order valence-corrected chi connectivity index (χ3v) is 2.20. The van der Waals surface area contributed by atoms with Crippen molar-refractivity contribution in [2.75, 3.05) is 6.54 Å². The first-order valence-corrected chi connectivity index (χ1v) is 5.55. The molecular weight excluding hydrogens is 174 g/mol. The van der Waals surface area contributed by atoms with E-state index in [0.717, 1.165) is 13.0 Å². The zero-order valence-electron chi connectivity index (χ0n) is 9.14. The van der Waals surface area contributed by atoms with Gasteiger partial charge in [-0.3, -0.25) is 4.79 Å². The summed E-state index contributed by atoms with van der Waals surface area (Å²) in [6.07, 6.45) is 13.7. The number of carbonyl (C=O) groups is 1. The van der Waals surface area contributed by atoms with Crippen LogP contribution in [0.5, 0.6) is 0 Å². The summed E-state index contributed by atoms with van der Waals surface area (Å²) in [7, 11) is 0. The molecule has 0 heterocycles. The Hall–Kier alpha value is -0.970. The van der Waals surface area contributed by atoms with Gasteiger partial charge in [0.1, 0.15) is 0 Å². The van der Waals surface area contributed by atoms with Gasteiger partial charge < -0.3 is 5.32 Å². The van der Waals surface area contributed by atoms with E-state index in [4.69, 9.17) is 6.42 Å². The van der Waals surface area contributed by atoms with Gasteiger partial charge in [-0.2, -0.15) is 0 Å². The Morgan fingerprint density at radius 2 is 1.71 bits per heavy atom. The van der Waals surface area contributed by atoms with E-state index in [1.54, 1.807) is 0 Å². The number of unbranched alkanes of at least 4 members (excludes halogenated alkanes) is 6. The van der Waals surface area contributed by atoms with Crippen LogP contribution in [-0.2, 0) is 4.79 Å². The van der Waals surface area contributed by atoms with Crippen molar-refractivity contribution in [3.05, 3.63) is 0 Å². The molecule has 0 bridgehead atoms. The summed E-state index contributed by atoms with van der Waals surface area (Å²) in [6.45, 7) is 2.94. The maximum atomic E-state index is 10.6. The first kappa shape index (κ1) is 13.0. The molecule has 14 heavy (non-hydrogen) atoms. The number of terminal acetylenes is 1. The van der Waals surface area contributed by atoms with Crippen molar-refractivity contribution < 1.29 is 4.79 Å². The summed E-state index contributed by atoms with van der Waals surface area (Å²) >= 11 is 0. The molecule has 0 aromatic carbocycles. The largest absolute Gasteiger partial charge is 0.345 e. The Morgan fingerprint density at radius 3 is 2.29 bits per heavy atom. The fourth-order valence-corrected chi connectivity index (χ4v) is 1.34. The lowest BCUT2D eigenvalue weighted by Crippen LogP contribution is -2.22. The highest BCUT2D eigenvalue weighted by molar-refractivity contribution is 5.92. The lowest BCUT2D eigenvalue weighted by molar-refractivity contribution is -0.115. The van der Waals surface area contributed by atoms with E-state index in [0.29, 0.717) is 0 Å². The van der Waals surface area contributed by atoms with Crippen LogP contribution in [0.25, 0.3) is 0 Å². The fourth-order valence-electron chi connectivity index (χ4n) is 1.34. The van der Waals surface area contributed by atoms with Gasteiger partial charge in [0.25, 0.3) is 5.91 Å². The molecule has 0 aliphatic carbocycles. The van der Waals surface area contributed by atoms with E-state index < -0.39 is 0 Å². The summed E-state index contributed by atoms with van der Waals surface area (Å²) in [6, 6.07) is 0. The predicted molar refractivity (Wildman–Crippen MR) is 59.8 cm³/mol. The van der Waals surface area contributed by atoms with Gasteiger partial charge in [0.2, 0.25) is 0 Å². The van der Waals surface area contributed by atoms with E-state index in [9.17, 15) is 4.79 Å². The second-order valence-corrected chi connectivity index (χ2v) is 3.52. The second-order valence-electron chi connectivity index (χ2n) is 3.52. The Bertz CT molecular complexity index is 181. The maximum Gasteiger partial charge on any atom is 0.295 e. The molecular formula is C12H21NO. The topological polar surface area (TPSA) is 29.1 Å². The normalized spacial score (nSPS) is 9.43. The molecule has 1 N–H and O–H groups in total. The molecule has 1 amide bonds. The zero-order chi connectivity index (χ0) is 10.6. The van der Waals surface area contributed by atoms with E-state index in [1.807, 2.05) is 5.92 Å². The minimum absolute atomic E-state index is 0.295. The molecule has 0 spiro atoms. The molecule has 0 aliphatic heterocycles. The molecule has 2 heteroatoms. The van der Waals surface area contributed by atoms with E-state index >= 15 is 0 Å². The standard InChI is InChI=1S/C12H21NO/c1-3-5-6-7-8-9-10-11-13-12(14)4-2/h2H,3,5-11H2,1H3,(H,13,14). The minimum Gasteiger partial charge on any atom is -0.345 e. The molecule has 0 aromatic heterocycles. The van der Waals surface area contributed by atoms with E-state index in [-0.39, 0.29) is 5.91 Å². The Kier molecular flexibility index (Phi) is 9.41. The van der Waals surface area contributed by atoms with Crippen molar-refractivity contribution in [2.45, 2.75) is 51.9 Å². The molecule has 0 aromatic rings. The summed E-state index contributed by atoms with van der Waals surface area (Å²) in [4.78, 5) is 10.6. The first-order chi connectivity index (χ1) is 6.81. The lowest BCUT2D eigenvalue weighted by atomic mass is 10.1. The quantitative estimate of drug-likeness (QED) is 0.468. The third kappa shape index (κ3) is 9.12. The molecule has 2 nitrogen and oxygen atoms in total. The molecule has 80 valence electrons. The summed E-state index contributed by atoms with van der Waals surface area (Å²) in [5.74, 6) is 1.74. The number of carbonyl (C=O) groups excluding carboxylic acids is 1. The molecule has 0 saturated heterocycles. The summed E-state index contributed by atoms with van der Waals surface area (Å²) < 4.78 is 0. The molecule has 0 fully saturated rings. The number of hydrogen-bond acceptors (Lipinski definition) is 1. The van der Waals surface area contributed by atoms with Crippen LogP contribution >= 0.6 is 0 Å². The van der Waals surface area contributed by atoms with Crippen LogP contribution in [-0.4, -0.2) is 12.5 Å². The van der Waals surface area contributed by atoms with Gasteiger partial charge >= 0.3 is 0 Å². The number of hydrogen-bond donors (Lipinski definition) is 1. The minimum atomic E-state index is -0.295. The number of amides is 1. The average molecular weight is 195 g/mol. The van der Waals surface area contributed by atoms with Crippen molar-refractivity contribution in [2.24, 2.45) is 0 Å². The smallest absolute Gasteiger partial charge is 0.295 e. The van der Waals surface area contributed by atoms with E-state index in [1.165, 1.54) is 38.5 Å². The van der Waals surface area contributed by atoms with Gasteiger partial charge in [0.05, 0.1) is 0 Å². The monoisotopic (exact) mass is 195 g/mol. The van der Waals surface area contributed by atoms with Gasteiger partial charge in [0.15, 0.2) is 0 Å². The molecule has 0 aliphatic rings. The average Bonchev–Trinajstić information content (AvgIpc) is 2.21. The van der Waals surface area contributed by atoms with Crippen LogP contribution in [0.3, 0.4) is 0 Å². The first-order valence-electron chi connectivity index (χ1n) is 5.55. The number of rotatable bonds is 8. The van der Waals surface area contributed by atoms with Crippen LogP contribution in [0.15, 0.2) is 0 Å². The Morgan fingerprint density at radius 1 is 1.14 bits per heavy atom. The van der Waals surface area contributed by atoms with Crippen LogP contribution in [0.1, 0.15) is 51.9 Å². The number of nitrogens with one attached hydrogen (secondary N) is 1. The van der Waals surface area contributed by atoms with Crippen LogP contribution in [0.4, 0.5) is 0 Å². The summed E-state index contributed by atoms with van der Waals surface area (Å²) in [5, 5.41) is 2.66. The lowest BCUT2D eigenvalue weighted by Gasteiger charge is -2.01. The zero-order valence-corrected chi connectivity index (χ0v) is 9.14. The molecule has 0 unspecified atom stereocenters. The van der Waals surface area contributed by atoms with Crippen LogP contribution < -0.4 is 5.32 Å². The third-order valence-electron chi connectivity index (χ3n) is 2.20. The highest BCUT2D eigenvalue weighted by atomic mass is 16.1. The van der Waals surface area contributed by atoms with Gasteiger partial charge in [-0.05, 0) is 12.3 Å². The molecule has 0 rings (SSSR count). The molecule has 0 radical (unpaired) electrons. The Labute approximate surface area is 87.5 Å². The SMILES string of the molecule is C#CC(=O)NCCCCCCCCC. The predicted octanol–water partition coefficient (Wildman–Crippen LogP) is 2.49. The molecule has 0 atom stereocenters. The Balaban J connectivity index is 3.00. The summed E-state index contributed by atoms with van der Waals surface area (Å²) in [5.41, 5.74) is 0. The van der Waals surface area contributed by atoms with Crippen LogP contribution in [0, 0.1) is 12.3 Å². The van der Waals surface area contributed by atoms with Crippen molar-refractivity contribution in [3.8, 4) is 12.3 Å². The second kappa shape index (κ2) is 10.1. The molecule has 0 saturated carbocycles. The van der Waals surface area contributed by atoms with Crippen molar-refractivity contribution in [1.82, 2.24) is 5.32 Å². The highest BCUT2D eigenvalue weighted by Gasteiger charge is 1.93. The van der Waals surface area contributed by atoms with Gasteiger partial charge in [0, 0.05) is 6.54 Å². The van der Waals surface area contributed by atoms with Crippen molar-refractivity contribution in [1.29, 1.82) is 0 Å².